The average Bonchev–Trinajstić information content (AvgIpc) is 2.93. The van der Waals surface area contributed by atoms with Gasteiger partial charge in [0.25, 0.3) is 0 Å². The zero-order valence-corrected chi connectivity index (χ0v) is 14.4. The van der Waals surface area contributed by atoms with Crippen LogP contribution in [0.4, 0.5) is 0 Å². The van der Waals surface area contributed by atoms with Crippen molar-refractivity contribution in [2.45, 2.75) is 75.7 Å². The van der Waals surface area contributed by atoms with E-state index in [0.29, 0.717) is 0 Å². The van der Waals surface area contributed by atoms with E-state index in [1.807, 2.05) is 0 Å². The van der Waals surface area contributed by atoms with Gasteiger partial charge in [0.1, 0.15) is 0 Å². The van der Waals surface area contributed by atoms with Crippen molar-refractivity contribution in [1.29, 1.82) is 0 Å². The fourth-order valence-electron chi connectivity index (χ4n) is 4.72. The third kappa shape index (κ3) is 3.05. The molecule has 0 aromatic carbocycles. The smallest absolute Gasteiger partial charge is 0.0249 e. The molecule has 20 heavy (non-hydrogen) atoms. The molecule has 2 nitrogen and oxygen atoms in total. The molecule has 3 heteroatoms. The summed E-state index contributed by atoms with van der Waals surface area (Å²) in [5, 5.41) is 0.920. The molecule has 2 saturated heterocycles. The molecule has 3 aliphatic rings. The number of hydrogen-bond acceptors (Lipinski definition) is 3. The number of hydrogen-bond donors (Lipinski definition) is 0. The zero-order valence-electron chi connectivity index (χ0n) is 13.6. The highest BCUT2D eigenvalue weighted by molar-refractivity contribution is 7.99. The molecule has 0 amide bonds. The SMILES string of the molecule is CSC1CCCC(N2CC3CCCN3CC2C(C)C)C1. The predicted octanol–water partition coefficient (Wildman–Crippen LogP) is 3.47. The minimum atomic E-state index is 0.797. The lowest BCUT2D eigenvalue weighted by Crippen LogP contribution is -2.61. The Morgan fingerprint density at radius 2 is 1.80 bits per heavy atom. The molecule has 2 heterocycles. The van der Waals surface area contributed by atoms with Crippen molar-refractivity contribution >= 4 is 11.8 Å². The summed E-state index contributed by atoms with van der Waals surface area (Å²) in [6.45, 7) is 8.92. The molecule has 3 rings (SSSR count). The lowest BCUT2D eigenvalue weighted by atomic mass is 9.88. The van der Waals surface area contributed by atoms with Crippen LogP contribution in [-0.4, -0.2) is 59.1 Å². The molecule has 0 N–H and O–H groups in total. The number of piperazine rings is 1. The monoisotopic (exact) mass is 296 g/mol. The predicted molar refractivity (Wildman–Crippen MR) is 89.5 cm³/mol. The van der Waals surface area contributed by atoms with E-state index in [1.54, 1.807) is 0 Å². The van der Waals surface area contributed by atoms with Crippen LogP contribution in [0.3, 0.4) is 0 Å². The Balaban J connectivity index is 1.71. The minimum Gasteiger partial charge on any atom is -0.298 e. The summed E-state index contributed by atoms with van der Waals surface area (Å²) >= 11 is 2.11. The summed E-state index contributed by atoms with van der Waals surface area (Å²) < 4.78 is 0. The lowest BCUT2D eigenvalue weighted by molar-refractivity contribution is -0.00923. The van der Waals surface area contributed by atoms with Crippen LogP contribution in [0, 0.1) is 5.92 Å². The van der Waals surface area contributed by atoms with Gasteiger partial charge in [0, 0.05) is 36.5 Å². The average molecular weight is 297 g/mol. The summed E-state index contributed by atoms with van der Waals surface area (Å²) in [6, 6.07) is 2.55. The second kappa shape index (κ2) is 6.58. The molecule has 2 aliphatic heterocycles. The third-order valence-electron chi connectivity index (χ3n) is 5.94. The minimum absolute atomic E-state index is 0.797. The maximum Gasteiger partial charge on any atom is 0.0249 e. The highest BCUT2D eigenvalue weighted by Gasteiger charge is 2.41. The second-order valence-electron chi connectivity index (χ2n) is 7.48. The van der Waals surface area contributed by atoms with E-state index < -0.39 is 0 Å². The first-order valence-corrected chi connectivity index (χ1v) is 10.0. The van der Waals surface area contributed by atoms with Crippen LogP contribution in [0.1, 0.15) is 52.4 Å². The fraction of sp³-hybridized carbons (Fsp3) is 1.00. The molecule has 0 bridgehead atoms. The first-order valence-electron chi connectivity index (χ1n) is 8.71. The summed E-state index contributed by atoms with van der Waals surface area (Å²) in [5.41, 5.74) is 0. The van der Waals surface area contributed by atoms with E-state index in [1.165, 1.54) is 58.2 Å². The van der Waals surface area contributed by atoms with Gasteiger partial charge >= 0.3 is 0 Å². The van der Waals surface area contributed by atoms with Crippen molar-refractivity contribution in [2.24, 2.45) is 5.92 Å². The van der Waals surface area contributed by atoms with Gasteiger partial charge in [-0.3, -0.25) is 9.80 Å². The fourth-order valence-corrected chi connectivity index (χ4v) is 5.53. The first-order chi connectivity index (χ1) is 9.69. The van der Waals surface area contributed by atoms with Crippen molar-refractivity contribution in [2.75, 3.05) is 25.9 Å². The number of rotatable bonds is 3. The first kappa shape index (κ1) is 15.2. The van der Waals surface area contributed by atoms with Crippen molar-refractivity contribution in [3.05, 3.63) is 0 Å². The molecular weight excluding hydrogens is 264 g/mol. The molecule has 1 saturated carbocycles. The highest BCUT2D eigenvalue weighted by Crippen LogP contribution is 2.35. The van der Waals surface area contributed by atoms with Crippen LogP contribution in [0.2, 0.25) is 0 Å². The van der Waals surface area contributed by atoms with Gasteiger partial charge in [0.15, 0.2) is 0 Å². The second-order valence-corrected chi connectivity index (χ2v) is 8.62. The lowest BCUT2D eigenvalue weighted by Gasteiger charge is -2.50. The van der Waals surface area contributed by atoms with Crippen LogP contribution in [0.25, 0.3) is 0 Å². The standard InChI is InChI=1S/C17H32N2S/c1-13(2)17-12-18-9-5-7-15(18)11-19(17)14-6-4-8-16(10-14)20-3/h13-17H,4-12H2,1-3H3. The Morgan fingerprint density at radius 3 is 2.55 bits per heavy atom. The Labute approximate surface area is 129 Å². The van der Waals surface area contributed by atoms with Crippen molar-refractivity contribution in [3.63, 3.8) is 0 Å². The van der Waals surface area contributed by atoms with Gasteiger partial charge < -0.3 is 0 Å². The van der Waals surface area contributed by atoms with Gasteiger partial charge in [-0.15, -0.1) is 0 Å². The summed E-state index contributed by atoms with van der Waals surface area (Å²) in [6.07, 6.45) is 11.0. The van der Waals surface area contributed by atoms with Crippen molar-refractivity contribution in [3.8, 4) is 0 Å². The summed E-state index contributed by atoms with van der Waals surface area (Å²) in [5.74, 6) is 0.797. The molecule has 1 aliphatic carbocycles. The number of nitrogens with zero attached hydrogens (tertiary/aromatic N) is 2. The van der Waals surface area contributed by atoms with E-state index in [0.717, 1.165) is 29.3 Å². The molecule has 0 spiro atoms. The van der Waals surface area contributed by atoms with Crippen LogP contribution in [0.15, 0.2) is 0 Å². The van der Waals surface area contributed by atoms with Gasteiger partial charge in [-0.25, -0.2) is 0 Å². The summed E-state index contributed by atoms with van der Waals surface area (Å²) in [4.78, 5) is 5.73. The van der Waals surface area contributed by atoms with Gasteiger partial charge in [-0.05, 0) is 50.8 Å². The molecule has 0 radical (unpaired) electrons. The van der Waals surface area contributed by atoms with Gasteiger partial charge in [0.05, 0.1) is 0 Å². The topological polar surface area (TPSA) is 6.48 Å². The third-order valence-corrected chi connectivity index (χ3v) is 7.03. The van der Waals surface area contributed by atoms with Crippen molar-refractivity contribution in [1.82, 2.24) is 9.80 Å². The largest absolute Gasteiger partial charge is 0.298 e. The Hall–Kier alpha value is 0.270. The van der Waals surface area contributed by atoms with Crippen LogP contribution >= 0.6 is 11.8 Å². The number of thioether (sulfide) groups is 1. The van der Waals surface area contributed by atoms with E-state index in [-0.39, 0.29) is 0 Å². The molecule has 0 aromatic heterocycles. The van der Waals surface area contributed by atoms with Crippen molar-refractivity contribution < 1.29 is 0 Å². The number of fused-ring (bicyclic) bond motifs is 1. The molecule has 3 fully saturated rings. The zero-order chi connectivity index (χ0) is 14.1. The van der Waals surface area contributed by atoms with Gasteiger partial charge in [-0.1, -0.05) is 20.3 Å². The van der Waals surface area contributed by atoms with Crippen LogP contribution < -0.4 is 0 Å². The quantitative estimate of drug-likeness (QED) is 0.787. The van der Waals surface area contributed by atoms with E-state index in [2.05, 4.69) is 41.7 Å². The Morgan fingerprint density at radius 1 is 1.00 bits per heavy atom. The van der Waals surface area contributed by atoms with E-state index in [4.69, 9.17) is 0 Å². The molecule has 4 atom stereocenters. The molecule has 116 valence electrons. The highest BCUT2D eigenvalue weighted by atomic mass is 32.2. The molecular formula is C17H32N2S. The van der Waals surface area contributed by atoms with Gasteiger partial charge in [-0.2, -0.15) is 11.8 Å². The maximum atomic E-state index is 2.94. The Kier molecular flexibility index (Phi) is 4.99. The normalized spacial score (nSPS) is 40.2. The van der Waals surface area contributed by atoms with Crippen LogP contribution in [-0.2, 0) is 0 Å². The Bertz CT molecular complexity index is 320. The van der Waals surface area contributed by atoms with E-state index in [9.17, 15) is 0 Å². The molecule has 0 aromatic rings. The molecule has 4 unspecified atom stereocenters. The van der Waals surface area contributed by atoms with Gasteiger partial charge in [0.2, 0.25) is 0 Å². The van der Waals surface area contributed by atoms with Crippen LogP contribution in [0.5, 0.6) is 0 Å². The van der Waals surface area contributed by atoms with E-state index >= 15 is 0 Å². The summed E-state index contributed by atoms with van der Waals surface area (Å²) in [7, 11) is 0. The maximum absolute atomic E-state index is 2.94.